The Labute approximate surface area is 179 Å². The fourth-order valence-electron chi connectivity index (χ4n) is 2.58. The summed E-state index contributed by atoms with van der Waals surface area (Å²) in [6.07, 6.45) is -2.44. The van der Waals surface area contributed by atoms with E-state index in [1.54, 1.807) is 0 Å². The second-order valence-corrected chi connectivity index (χ2v) is 7.54. The molecule has 0 aliphatic rings. The Kier molecular flexibility index (Phi) is 12.5. The number of carboxylic acid groups (broad SMARTS) is 2. The highest BCUT2D eigenvalue weighted by Gasteiger charge is 2.40. The van der Waals surface area contributed by atoms with Crippen LogP contribution in [0.5, 0.6) is 0 Å². The molecule has 1 amide bonds. The molecule has 176 valence electrons. The predicted molar refractivity (Wildman–Crippen MR) is 109 cm³/mol. The molecule has 1 rings (SSSR count). The molecule has 0 saturated heterocycles. The number of rotatable bonds is 10. The van der Waals surface area contributed by atoms with Crippen LogP contribution in [0.4, 0.5) is 13.2 Å². The molecule has 31 heavy (non-hydrogen) atoms. The fraction of sp³-hybridized carbons (Fsp3) is 0.571. The number of aliphatic carboxylic acids is 2. The Morgan fingerprint density at radius 1 is 1.00 bits per heavy atom. The Balaban J connectivity index is 0.000000842. The van der Waals surface area contributed by atoms with Gasteiger partial charge in [0.25, 0.3) is 0 Å². The Morgan fingerprint density at radius 3 is 1.81 bits per heavy atom. The molecule has 0 bridgehead atoms. The number of hydrogen-bond acceptors (Lipinski definition) is 4. The van der Waals surface area contributed by atoms with Crippen LogP contribution >= 0.6 is 0 Å². The standard InChI is InChI=1S/C15H18F3NO3.C6H13NO2/c1-2-3-10-4-6-11(7-5-10)8-9-12(13(20)21)19-14(22)15(16,17)18;1-4(2)3-5(7)6(8)9/h4-7,12H,2-3,8-9H2,1H3,(H,19,22)(H,20,21);4-5H,3,7H2,1-2H3,(H,8,9)/t12-;5-/m00/s1. The van der Waals surface area contributed by atoms with Crippen LogP contribution in [0.1, 0.15) is 51.2 Å². The molecule has 7 nitrogen and oxygen atoms in total. The lowest BCUT2D eigenvalue weighted by molar-refractivity contribution is -0.175. The van der Waals surface area contributed by atoms with E-state index in [9.17, 15) is 27.6 Å². The average Bonchev–Trinajstić information content (AvgIpc) is 2.65. The molecular weight excluding hydrogens is 417 g/mol. The van der Waals surface area contributed by atoms with Gasteiger partial charge in [0.2, 0.25) is 0 Å². The van der Waals surface area contributed by atoms with Gasteiger partial charge in [-0.15, -0.1) is 0 Å². The molecule has 0 unspecified atom stereocenters. The number of carbonyl (C=O) groups excluding carboxylic acids is 1. The van der Waals surface area contributed by atoms with E-state index in [4.69, 9.17) is 15.9 Å². The van der Waals surface area contributed by atoms with E-state index in [1.807, 2.05) is 38.1 Å². The number of halogens is 3. The van der Waals surface area contributed by atoms with E-state index >= 15 is 0 Å². The normalized spacial score (nSPS) is 13.0. The molecule has 0 aliphatic carbocycles. The third-order valence-electron chi connectivity index (χ3n) is 4.19. The van der Waals surface area contributed by atoms with E-state index in [0.29, 0.717) is 12.3 Å². The summed E-state index contributed by atoms with van der Waals surface area (Å²) in [5.74, 6) is -4.28. The minimum Gasteiger partial charge on any atom is -0.480 e. The van der Waals surface area contributed by atoms with Gasteiger partial charge in [-0.1, -0.05) is 51.5 Å². The third-order valence-corrected chi connectivity index (χ3v) is 4.19. The third kappa shape index (κ3) is 12.6. The number of nitrogens with one attached hydrogen (secondary N) is 1. The number of benzene rings is 1. The zero-order chi connectivity index (χ0) is 24.2. The Morgan fingerprint density at radius 2 is 1.48 bits per heavy atom. The quantitative estimate of drug-likeness (QED) is 0.435. The maximum atomic E-state index is 12.1. The highest BCUT2D eigenvalue weighted by atomic mass is 19.4. The van der Waals surface area contributed by atoms with Gasteiger partial charge in [0.1, 0.15) is 12.1 Å². The van der Waals surface area contributed by atoms with Crippen LogP contribution in [-0.2, 0) is 27.2 Å². The number of carboxylic acids is 2. The van der Waals surface area contributed by atoms with E-state index in [2.05, 4.69) is 6.92 Å². The van der Waals surface area contributed by atoms with Crippen molar-refractivity contribution in [3.63, 3.8) is 0 Å². The molecule has 0 spiro atoms. The summed E-state index contributed by atoms with van der Waals surface area (Å²) >= 11 is 0. The van der Waals surface area contributed by atoms with Crippen molar-refractivity contribution in [3.8, 4) is 0 Å². The summed E-state index contributed by atoms with van der Waals surface area (Å²) in [5, 5.41) is 18.7. The van der Waals surface area contributed by atoms with Crippen molar-refractivity contribution in [1.29, 1.82) is 0 Å². The highest BCUT2D eigenvalue weighted by Crippen LogP contribution is 2.16. The van der Waals surface area contributed by atoms with Gasteiger partial charge in [-0.05, 0) is 42.7 Å². The summed E-state index contributed by atoms with van der Waals surface area (Å²) in [4.78, 5) is 31.9. The van der Waals surface area contributed by atoms with Gasteiger partial charge in [0, 0.05) is 0 Å². The van der Waals surface area contributed by atoms with Crippen LogP contribution in [0.2, 0.25) is 0 Å². The van der Waals surface area contributed by atoms with Crippen molar-refractivity contribution >= 4 is 17.8 Å². The predicted octanol–water partition coefficient (Wildman–Crippen LogP) is 3.15. The van der Waals surface area contributed by atoms with E-state index in [-0.39, 0.29) is 12.8 Å². The van der Waals surface area contributed by atoms with Crippen molar-refractivity contribution in [2.75, 3.05) is 0 Å². The van der Waals surface area contributed by atoms with Gasteiger partial charge in [-0.3, -0.25) is 9.59 Å². The molecular formula is C21H31F3N2O5. The van der Waals surface area contributed by atoms with Crippen LogP contribution in [0.25, 0.3) is 0 Å². The monoisotopic (exact) mass is 448 g/mol. The lowest BCUT2D eigenvalue weighted by atomic mass is 10.0. The zero-order valence-electron chi connectivity index (χ0n) is 17.9. The smallest absolute Gasteiger partial charge is 0.471 e. The summed E-state index contributed by atoms with van der Waals surface area (Å²) < 4.78 is 36.4. The first-order chi connectivity index (χ1) is 14.3. The second-order valence-electron chi connectivity index (χ2n) is 7.54. The molecule has 2 atom stereocenters. The largest absolute Gasteiger partial charge is 0.480 e. The van der Waals surface area contributed by atoms with Gasteiger partial charge in [-0.25, -0.2) is 4.79 Å². The first kappa shape index (κ1) is 28.4. The molecule has 0 saturated carbocycles. The van der Waals surface area contributed by atoms with Gasteiger partial charge in [0.05, 0.1) is 0 Å². The number of carbonyl (C=O) groups is 3. The van der Waals surface area contributed by atoms with E-state index in [1.165, 1.54) is 5.32 Å². The van der Waals surface area contributed by atoms with Crippen LogP contribution in [-0.4, -0.2) is 46.3 Å². The SMILES string of the molecule is CC(C)C[C@H](N)C(=O)O.CCCc1ccc(CC[C@H](NC(=O)C(F)(F)F)C(=O)O)cc1. The second kappa shape index (κ2) is 13.6. The fourth-order valence-corrected chi connectivity index (χ4v) is 2.58. The summed E-state index contributed by atoms with van der Waals surface area (Å²) in [6.45, 7) is 5.94. The molecule has 0 radical (unpaired) electrons. The molecule has 0 heterocycles. The molecule has 0 aliphatic heterocycles. The van der Waals surface area contributed by atoms with Crippen LogP contribution in [0, 0.1) is 5.92 Å². The van der Waals surface area contributed by atoms with Gasteiger partial charge in [0.15, 0.2) is 0 Å². The summed E-state index contributed by atoms with van der Waals surface area (Å²) in [5.41, 5.74) is 7.18. The van der Waals surface area contributed by atoms with Crippen LogP contribution < -0.4 is 11.1 Å². The number of alkyl halides is 3. The minimum atomic E-state index is -5.09. The first-order valence-corrected chi connectivity index (χ1v) is 9.94. The van der Waals surface area contributed by atoms with Crippen molar-refractivity contribution in [2.45, 2.75) is 71.1 Å². The minimum absolute atomic E-state index is 0.107. The maximum absolute atomic E-state index is 12.1. The van der Waals surface area contributed by atoms with Crippen molar-refractivity contribution in [2.24, 2.45) is 11.7 Å². The van der Waals surface area contributed by atoms with E-state index < -0.39 is 36.1 Å². The number of nitrogens with two attached hydrogens (primary N) is 1. The van der Waals surface area contributed by atoms with Gasteiger partial charge < -0.3 is 21.3 Å². The highest BCUT2D eigenvalue weighted by molar-refractivity contribution is 5.86. The Hall–Kier alpha value is -2.62. The van der Waals surface area contributed by atoms with Crippen molar-refractivity contribution < 1.29 is 37.8 Å². The van der Waals surface area contributed by atoms with Crippen LogP contribution in [0.15, 0.2) is 24.3 Å². The number of hydrogen-bond donors (Lipinski definition) is 4. The molecule has 1 aromatic carbocycles. The van der Waals surface area contributed by atoms with Crippen LogP contribution in [0.3, 0.4) is 0 Å². The Bertz CT molecular complexity index is 706. The number of amides is 1. The van der Waals surface area contributed by atoms with Crippen molar-refractivity contribution in [1.82, 2.24) is 5.32 Å². The molecule has 0 aromatic heterocycles. The van der Waals surface area contributed by atoms with E-state index in [0.717, 1.165) is 24.0 Å². The molecule has 5 N–H and O–H groups in total. The molecule has 1 aromatic rings. The molecule has 10 heteroatoms. The zero-order valence-corrected chi connectivity index (χ0v) is 17.9. The summed E-state index contributed by atoms with van der Waals surface area (Å²) in [7, 11) is 0. The summed E-state index contributed by atoms with van der Waals surface area (Å²) in [6, 6.07) is 5.19. The average molecular weight is 448 g/mol. The van der Waals surface area contributed by atoms with Gasteiger partial charge in [-0.2, -0.15) is 13.2 Å². The molecule has 0 fully saturated rings. The number of aryl methyl sites for hydroxylation is 2. The lowest BCUT2D eigenvalue weighted by Crippen LogP contribution is -2.47. The lowest BCUT2D eigenvalue weighted by Gasteiger charge is -2.15. The van der Waals surface area contributed by atoms with Crippen molar-refractivity contribution in [3.05, 3.63) is 35.4 Å². The first-order valence-electron chi connectivity index (χ1n) is 9.94. The topological polar surface area (TPSA) is 130 Å². The van der Waals surface area contributed by atoms with Gasteiger partial charge >= 0.3 is 24.0 Å². The maximum Gasteiger partial charge on any atom is 0.471 e.